The largest absolute Gasteiger partial charge is 0.382 e. The number of Topliss-reactive ketones (excluding diaryl/α,β-unsaturated/α-hetero) is 4. The second-order valence-corrected chi connectivity index (χ2v) is 5.31. The molecule has 5 atom stereocenters. The van der Waals surface area contributed by atoms with Crippen LogP contribution in [0.5, 0.6) is 0 Å². The minimum Gasteiger partial charge on any atom is -0.382 e. The standard InChI is InChI=1S/C14H20O9/c1-6(15)10(19)11-14(22,9(4)18)12(20,7(2)16)5-13(21,23-11)8(3)17/h10-11,19-22H,5H2,1-4H3/t10?,11-,12+,13?,14-/m1/s1/i1D,2D,3D,4D. The van der Waals surface area contributed by atoms with Crippen LogP contribution in [-0.4, -0.2) is 72.8 Å². The van der Waals surface area contributed by atoms with E-state index in [1.54, 1.807) is 0 Å². The van der Waals surface area contributed by atoms with Crippen molar-refractivity contribution in [2.75, 3.05) is 0 Å². The molecule has 0 aromatic rings. The lowest BCUT2D eigenvalue weighted by Crippen LogP contribution is -2.78. The van der Waals surface area contributed by atoms with Crippen molar-refractivity contribution >= 4 is 23.1 Å². The van der Waals surface area contributed by atoms with E-state index in [-0.39, 0.29) is 0 Å². The number of rotatable bonds is 5. The quantitative estimate of drug-likeness (QED) is 0.431. The van der Waals surface area contributed by atoms with Crippen LogP contribution in [0.3, 0.4) is 0 Å². The molecule has 1 saturated heterocycles. The van der Waals surface area contributed by atoms with E-state index in [0.29, 0.717) is 0 Å². The molecule has 23 heavy (non-hydrogen) atoms. The molecule has 9 heteroatoms. The number of aliphatic hydroxyl groups is 4. The molecule has 0 radical (unpaired) electrons. The molecule has 0 amide bonds. The summed E-state index contributed by atoms with van der Waals surface area (Å²) in [5.41, 5.74) is -6.84. The van der Waals surface area contributed by atoms with E-state index in [1.807, 2.05) is 0 Å². The van der Waals surface area contributed by atoms with Crippen LogP contribution >= 0.6 is 0 Å². The Hall–Kier alpha value is -1.52. The fraction of sp³-hybridized carbons (Fsp3) is 0.714. The first kappa shape index (κ1) is 13.9. The van der Waals surface area contributed by atoms with Gasteiger partial charge in [-0.15, -0.1) is 0 Å². The van der Waals surface area contributed by atoms with Crippen LogP contribution in [0, 0.1) is 0 Å². The van der Waals surface area contributed by atoms with Gasteiger partial charge in [0.25, 0.3) is 0 Å². The zero-order valence-corrected chi connectivity index (χ0v) is 12.0. The van der Waals surface area contributed by atoms with E-state index in [2.05, 4.69) is 0 Å². The molecule has 1 rings (SSSR count). The Labute approximate surface area is 137 Å². The summed E-state index contributed by atoms with van der Waals surface area (Å²) in [6.07, 6.45) is -6.61. The second-order valence-electron chi connectivity index (χ2n) is 5.31. The Bertz CT molecular complexity index is 644. The van der Waals surface area contributed by atoms with Gasteiger partial charge in [-0.05, 0) is 20.7 Å². The fourth-order valence-corrected chi connectivity index (χ4v) is 2.38. The Morgan fingerprint density at radius 1 is 1.04 bits per heavy atom. The summed E-state index contributed by atoms with van der Waals surface area (Å²) in [6, 6.07) is 0. The van der Waals surface area contributed by atoms with E-state index in [4.69, 9.17) is 10.2 Å². The molecule has 2 unspecified atom stereocenters. The van der Waals surface area contributed by atoms with E-state index in [9.17, 15) is 39.6 Å². The Morgan fingerprint density at radius 3 is 2.09 bits per heavy atom. The van der Waals surface area contributed by atoms with Crippen LogP contribution in [-0.2, 0) is 23.9 Å². The topological polar surface area (TPSA) is 158 Å². The first-order valence-corrected chi connectivity index (χ1v) is 6.22. The Kier molecular flexibility index (Phi) is 3.52. The molecule has 4 N–H and O–H groups in total. The highest BCUT2D eigenvalue weighted by Crippen LogP contribution is 2.44. The molecule has 1 aliphatic rings. The average Bonchev–Trinajstić information content (AvgIpc) is 2.66. The van der Waals surface area contributed by atoms with Gasteiger partial charge < -0.3 is 25.2 Å². The molecule has 1 heterocycles. The zero-order chi connectivity index (χ0) is 21.2. The van der Waals surface area contributed by atoms with Crippen molar-refractivity contribution in [3.8, 4) is 0 Å². The molecular weight excluding hydrogens is 312 g/mol. The predicted octanol–water partition coefficient (Wildman–Crippen LogP) is -2.36. The molecule has 0 saturated carbocycles. The maximum atomic E-state index is 12.2. The minimum atomic E-state index is -3.47. The van der Waals surface area contributed by atoms with Crippen molar-refractivity contribution in [3.63, 3.8) is 0 Å². The third kappa shape index (κ3) is 2.74. The molecule has 130 valence electrons. The van der Waals surface area contributed by atoms with Crippen molar-refractivity contribution in [2.24, 2.45) is 0 Å². The van der Waals surface area contributed by atoms with Gasteiger partial charge in [-0.1, -0.05) is 0 Å². The molecule has 9 nitrogen and oxygen atoms in total. The predicted molar refractivity (Wildman–Crippen MR) is 73.1 cm³/mol. The van der Waals surface area contributed by atoms with Gasteiger partial charge in [-0.3, -0.25) is 19.2 Å². The number of ether oxygens (including phenoxy) is 1. The van der Waals surface area contributed by atoms with Crippen LogP contribution in [0.25, 0.3) is 0 Å². The van der Waals surface area contributed by atoms with Gasteiger partial charge in [0.15, 0.2) is 34.3 Å². The van der Waals surface area contributed by atoms with Crippen LogP contribution < -0.4 is 0 Å². The third-order valence-corrected chi connectivity index (χ3v) is 3.80. The van der Waals surface area contributed by atoms with Crippen molar-refractivity contribution in [2.45, 2.75) is 63.2 Å². The van der Waals surface area contributed by atoms with Crippen LogP contribution in [0.1, 0.15) is 39.5 Å². The van der Waals surface area contributed by atoms with Gasteiger partial charge in [-0.25, -0.2) is 0 Å². The molecule has 0 spiro atoms. The van der Waals surface area contributed by atoms with Gasteiger partial charge in [0.1, 0.15) is 12.2 Å². The van der Waals surface area contributed by atoms with Gasteiger partial charge in [0, 0.05) is 18.8 Å². The minimum absolute atomic E-state index is 1.08. The number of aliphatic hydroxyl groups excluding tert-OH is 1. The second kappa shape index (κ2) is 5.84. The third-order valence-electron chi connectivity index (χ3n) is 3.80. The molecular formula is C14H20O9. The van der Waals surface area contributed by atoms with Crippen LogP contribution in [0.4, 0.5) is 0 Å². The number of hydrogen-bond acceptors (Lipinski definition) is 9. The molecule has 0 aromatic carbocycles. The first-order valence-electron chi connectivity index (χ1n) is 9.05. The molecule has 1 fully saturated rings. The smallest absolute Gasteiger partial charge is 0.229 e. The van der Waals surface area contributed by atoms with Crippen LogP contribution in [0.2, 0.25) is 0 Å². The van der Waals surface area contributed by atoms with Gasteiger partial charge in [0.2, 0.25) is 5.79 Å². The van der Waals surface area contributed by atoms with Crippen LogP contribution in [0.15, 0.2) is 0 Å². The first-order chi connectivity index (χ1) is 12.4. The molecule has 0 aromatic heterocycles. The van der Waals surface area contributed by atoms with Crippen molar-refractivity contribution < 1.29 is 49.8 Å². The van der Waals surface area contributed by atoms with E-state index < -0.39 is 86.4 Å². The maximum Gasteiger partial charge on any atom is 0.229 e. The average molecular weight is 336 g/mol. The number of hydrogen-bond donors (Lipinski definition) is 4. The number of carbonyl (C=O) groups excluding carboxylic acids is 4. The van der Waals surface area contributed by atoms with Crippen molar-refractivity contribution in [3.05, 3.63) is 0 Å². The lowest BCUT2D eigenvalue weighted by Gasteiger charge is -2.53. The monoisotopic (exact) mass is 336 g/mol. The summed E-state index contributed by atoms with van der Waals surface area (Å²) in [6.45, 7) is -4.69. The summed E-state index contributed by atoms with van der Waals surface area (Å²) >= 11 is 0. The number of ketones is 4. The summed E-state index contributed by atoms with van der Waals surface area (Å²) < 4.78 is 33.2. The zero-order valence-electron chi connectivity index (χ0n) is 16.0. The Balaban J connectivity index is 3.75. The fourth-order valence-electron chi connectivity index (χ4n) is 2.38. The van der Waals surface area contributed by atoms with E-state index in [0.717, 1.165) is 0 Å². The summed E-state index contributed by atoms with van der Waals surface area (Å²) in [7, 11) is 0. The maximum absolute atomic E-state index is 12.2. The highest BCUT2D eigenvalue weighted by molar-refractivity contribution is 6.00. The van der Waals surface area contributed by atoms with Crippen molar-refractivity contribution in [1.82, 2.24) is 0 Å². The lowest BCUT2D eigenvalue weighted by molar-refractivity contribution is -0.333. The normalized spacial score (nSPS) is 41.0. The summed E-state index contributed by atoms with van der Waals surface area (Å²) in [4.78, 5) is 48.1. The van der Waals surface area contributed by atoms with E-state index in [1.165, 1.54) is 0 Å². The van der Waals surface area contributed by atoms with E-state index >= 15 is 0 Å². The SMILES string of the molecule is [2H]CC(=O)C(O)[C@H]1OC(O)(C(=O)C[2H])C[C@](O)(C(=O)C[2H])[C@@]1(O)C(=O)C[2H]. The van der Waals surface area contributed by atoms with Gasteiger partial charge in [0.05, 0.1) is 0 Å². The highest BCUT2D eigenvalue weighted by Gasteiger charge is 2.71. The molecule has 1 aliphatic heterocycles. The summed E-state index contributed by atoms with van der Waals surface area (Å²) in [5.74, 6) is -9.06. The summed E-state index contributed by atoms with van der Waals surface area (Å²) in [5, 5.41) is 42.1. The van der Waals surface area contributed by atoms with Gasteiger partial charge >= 0.3 is 0 Å². The highest BCUT2D eigenvalue weighted by atomic mass is 16.7. The Morgan fingerprint density at radius 2 is 1.61 bits per heavy atom. The van der Waals surface area contributed by atoms with Crippen molar-refractivity contribution in [1.29, 1.82) is 0 Å². The lowest BCUT2D eigenvalue weighted by atomic mass is 9.66. The molecule has 0 bridgehead atoms. The van der Waals surface area contributed by atoms with Gasteiger partial charge in [-0.2, -0.15) is 0 Å². The molecule has 0 aliphatic carbocycles. The number of carbonyl (C=O) groups is 4.